The van der Waals surface area contributed by atoms with E-state index in [0.717, 1.165) is 108 Å². The van der Waals surface area contributed by atoms with Crippen LogP contribution in [-0.2, 0) is 65.4 Å². The second-order valence-electron chi connectivity index (χ2n) is 31.5. The fraction of sp³-hybridized carbons (Fsp3) is 0.953. The van der Waals surface area contributed by atoms with Gasteiger partial charge in [-0.2, -0.15) is 0 Å². The van der Waals surface area contributed by atoms with Crippen molar-refractivity contribution in [3.8, 4) is 0 Å². The molecule has 0 aromatic heterocycles. The number of hydrogen-bond acceptors (Lipinski definition) is 15. The van der Waals surface area contributed by atoms with Crippen LogP contribution in [0.3, 0.4) is 0 Å². The van der Waals surface area contributed by atoms with E-state index in [0.29, 0.717) is 25.7 Å². The summed E-state index contributed by atoms with van der Waals surface area (Å²) in [6.07, 6.45) is 65.2. The van der Waals surface area contributed by atoms with E-state index in [2.05, 4.69) is 48.5 Å². The fourth-order valence-corrected chi connectivity index (χ4v) is 14.7. The van der Waals surface area contributed by atoms with Crippen LogP contribution >= 0.6 is 15.6 Å². The number of phosphoric ester groups is 2. The van der Waals surface area contributed by atoms with Crippen LogP contribution in [0.15, 0.2) is 0 Å². The van der Waals surface area contributed by atoms with Crippen molar-refractivity contribution in [1.82, 2.24) is 0 Å². The van der Waals surface area contributed by atoms with Crippen molar-refractivity contribution >= 4 is 39.5 Å². The molecule has 0 rings (SSSR count). The molecule has 0 spiro atoms. The van der Waals surface area contributed by atoms with Gasteiger partial charge in [-0.15, -0.1) is 0 Å². The predicted molar refractivity (Wildman–Crippen MR) is 428 cm³/mol. The van der Waals surface area contributed by atoms with E-state index in [-0.39, 0.29) is 25.7 Å². The van der Waals surface area contributed by atoms with Crippen molar-refractivity contribution in [3.63, 3.8) is 0 Å². The molecule has 0 radical (unpaired) electrons. The highest BCUT2D eigenvalue weighted by Crippen LogP contribution is 2.45. The molecular weight excluding hydrogens is 1350 g/mol. The summed E-state index contributed by atoms with van der Waals surface area (Å²) in [5, 5.41) is 10.7. The summed E-state index contributed by atoms with van der Waals surface area (Å²) < 4.78 is 68.8. The van der Waals surface area contributed by atoms with Gasteiger partial charge in [0.15, 0.2) is 12.2 Å². The molecule has 0 aliphatic carbocycles. The minimum Gasteiger partial charge on any atom is -0.462 e. The van der Waals surface area contributed by atoms with E-state index in [9.17, 15) is 43.2 Å². The molecule has 19 heteroatoms. The topological polar surface area (TPSA) is 237 Å². The van der Waals surface area contributed by atoms with Crippen molar-refractivity contribution in [2.24, 2.45) is 17.8 Å². The second kappa shape index (κ2) is 75.1. The smallest absolute Gasteiger partial charge is 0.462 e. The number of rotatable bonds is 83. The molecule has 0 aliphatic rings. The maximum Gasteiger partial charge on any atom is 0.472 e. The Morgan fingerprint density at radius 2 is 0.490 bits per heavy atom. The molecule has 0 aromatic rings. The zero-order chi connectivity index (χ0) is 76.5. The van der Waals surface area contributed by atoms with E-state index in [4.69, 9.17) is 37.0 Å². The number of aliphatic hydroxyl groups is 1. The Hall–Kier alpha value is -1.94. The highest BCUT2D eigenvalue weighted by atomic mass is 31.2. The minimum atomic E-state index is -4.97. The van der Waals surface area contributed by atoms with Crippen LogP contribution < -0.4 is 0 Å². The third-order valence-electron chi connectivity index (χ3n) is 20.6. The third-order valence-corrected chi connectivity index (χ3v) is 22.5. The Labute approximate surface area is 638 Å². The largest absolute Gasteiger partial charge is 0.472 e. The summed E-state index contributed by atoms with van der Waals surface area (Å²) in [6.45, 7) is 12.1. The number of carbonyl (C=O) groups is 4. The minimum absolute atomic E-state index is 0.107. The number of ether oxygens (including phenoxy) is 4. The van der Waals surface area contributed by atoms with Crippen molar-refractivity contribution in [2.75, 3.05) is 39.6 Å². The van der Waals surface area contributed by atoms with Crippen LogP contribution in [0, 0.1) is 17.8 Å². The number of phosphoric acid groups is 2. The first-order valence-corrected chi connectivity index (χ1v) is 46.9. The predicted octanol–water partition coefficient (Wildman–Crippen LogP) is 25.7. The molecule has 0 aromatic carbocycles. The molecule has 618 valence electrons. The van der Waals surface area contributed by atoms with Gasteiger partial charge in [0.1, 0.15) is 19.3 Å². The van der Waals surface area contributed by atoms with Gasteiger partial charge in [-0.25, -0.2) is 9.13 Å². The van der Waals surface area contributed by atoms with Gasteiger partial charge in [-0.1, -0.05) is 395 Å². The summed E-state index contributed by atoms with van der Waals surface area (Å²) in [5.41, 5.74) is 0. The second-order valence-corrected chi connectivity index (χ2v) is 34.4. The van der Waals surface area contributed by atoms with E-state index in [1.165, 1.54) is 257 Å². The van der Waals surface area contributed by atoms with E-state index >= 15 is 0 Å². The average molecular weight is 1520 g/mol. The molecule has 0 saturated carbocycles. The van der Waals surface area contributed by atoms with Crippen molar-refractivity contribution in [1.29, 1.82) is 0 Å². The van der Waals surface area contributed by atoms with Crippen LogP contribution in [0.5, 0.6) is 0 Å². The Morgan fingerprint density at radius 1 is 0.279 bits per heavy atom. The summed E-state index contributed by atoms with van der Waals surface area (Å²) in [5.74, 6) is 0.391. The van der Waals surface area contributed by atoms with Gasteiger partial charge in [-0.05, 0) is 43.4 Å². The lowest BCUT2D eigenvalue weighted by Crippen LogP contribution is -2.30. The van der Waals surface area contributed by atoms with Crippen molar-refractivity contribution < 1.29 is 80.2 Å². The number of unbranched alkanes of at least 4 members (excludes halogenated alkanes) is 49. The SMILES string of the molecule is CCCCCCCCCCCC(=O)OC[C@H](COP(=O)(O)OC[C@H](O)COP(=O)(O)OC[C@@H](COC(=O)CCCCCCCCCCCCCCCCC(C)CC)OC(=O)CCCCCCCCCCCCCCCCCCCCC(C)CC)OC(=O)CCCCCCCCCCCCCCC(C)C. The Kier molecular flexibility index (Phi) is 73.7. The normalized spacial score (nSPS) is 14.4. The number of aliphatic hydroxyl groups excluding tert-OH is 1. The zero-order valence-corrected chi connectivity index (χ0v) is 70.3. The zero-order valence-electron chi connectivity index (χ0n) is 68.5. The molecule has 0 amide bonds. The summed E-state index contributed by atoms with van der Waals surface area (Å²) in [6, 6.07) is 0. The van der Waals surface area contributed by atoms with Gasteiger partial charge < -0.3 is 33.8 Å². The molecule has 0 fully saturated rings. The lowest BCUT2D eigenvalue weighted by molar-refractivity contribution is -0.161. The average Bonchev–Trinajstić information content (AvgIpc) is 0.902. The maximum absolute atomic E-state index is 13.1. The quantitative estimate of drug-likeness (QED) is 0.0222. The number of esters is 4. The Bertz CT molecular complexity index is 2010. The molecule has 104 heavy (non-hydrogen) atoms. The van der Waals surface area contributed by atoms with Gasteiger partial charge in [0.25, 0.3) is 0 Å². The molecule has 4 unspecified atom stereocenters. The van der Waals surface area contributed by atoms with Crippen LogP contribution in [0.1, 0.15) is 447 Å². The molecule has 0 aliphatic heterocycles. The van der Waals surface area contributed by atoms with Crippen LogP contribution in [-0.4, -0.2) is 96.7 Å². The maximum atomic E-state index is 13.1. The van der Waals surface area contributed by atoms with Gasteiger partial charge in [0, 0.05) is 25.7 Å². The highest BCUT2D eigenvalue weighted by molar-refractivity contribution is 7.47. The lowest BCUT2D eigenvalue weighted by atomic mass is 9.99. The molecule has 0 saturated heterocycles. The first-order valence-electron chi connectivity index (χ1n) is 43.9. The van der Waals surface area contributed by atoms with Crippen LogP contribution in [0.2, 0.25) is 0 Å². The standard InChI is InChI=1S/C85H166O17P2/c1-8-11-12-13-14-35-45-52-59-66-82(87)95-72-80(101-85(90)69-62-55-48-41-34-28-27-29-36-42-49-56-63-76(4)5)74-99-103(91,92)97-70-79(86)71-98-104(93,94)100-75-81(73-96-83(88)67-60-53-46-39-32-25-22-21-24-31-38-44-51-58-65-78(7)10-3)102-84(89)68-61-54-47-40-33-26-20-18-16-15-17-19-23-30-37-43-50-57-64-77(6)9-2/h76-81,86H,8-75H2,1-7H3,(H,91,92)(H,93,94)/t77?,78?,79-,80+,81+/m0/s1. The Morgan fingerprint density at radius 3 is 0.731 bits per heavy atom. The molecule has 0 heterocycles. The number of hydrogen-bond donors (Lipinski definition) is 3. The monoisotopic (exact) mass is 1520 g/mol. The molecule has 3 N–H and O–H groups in total. The van der Waals surface area contributed by atoms with E-state index < -0.39 is 97.5 Å². The number of carbonyl (C=O) groups excluding carboxylic acids is 4. The van der Waals surface area contributed by atoms with Gasteiger partial charge in [0.05, 0.1) is 26.4 Å². The molecule has 17 nitrogen and oxygen atoms in total. The third kappa shape index (κ3) is 75.5. The fourth-order valence-electron chi connectivity index (χ4n) is 13.1. The van der Waals surface area contributed by atoms with Crippen molar-refractivity contribution in [2.45, 2.75) is 465 Å². The summed E-state index contributed by atoms with van der Waals surface area (Å²) in [4.78, 5) is 73.1. The highest BCUT2D eigenvalue weighted by Gasteiger charge is 2.30. The van der Waals surface area contributed by atoms with Gasteiger partial charge in [0.2, 0.25) is 0 Å². The first kappa shape index (κ1) is 102. The first-order chi connectivity index (χ1) is 50.3. The van der Waals surface area contributed by atoms with Gasteiger partial charge >= 0.3 is 39.5 Å². The summed E-state index contributed by atoms with van der Waals surface area (Å²) in [7, 11) is -9.92. The van der Waals surface area contributed by atoms with Gasteiger partial charge in [-0.3, -0.25) is 37.3 Å². The molecule has 0 bridgehead atoms. The molecule has 7 atom stereocenters. The Balaban J connectivity index is 5.21. The van der Waals surface area contributed by atoms with Crippen molar-refractivity contribution in [3.05, 3.63) is 0 Å². The van der Waals surface area contributed by atoms with E-state index in [1.54, 1.807) is 0 Å². The summed E-state index contributed by atoms with van der Waals surface area (Å²) >= 11 is 0. The van der Waals surface area contributed by atoms with E-state index in [1.807, 2.05) is 0 Å². The lowest BCUT2D eigenvalue weighted by Gasteiger charge is -2.21. The van der Waals surface area contributed by atoms with Crippen LogP contribution in [0.4, 0.5) is 0 Å². The van der Waals surface area contributed by atoms with Crippen LogP contribution in [0.25, 0.3) is 0 Å². The molecular formula is C85H166O17P2.